The number of hydrogen-bond acceptors (Lipinski definition) is 3. The monoisotopic (exact) mass is 203 g/mol. The number of rotatable bonds is 2. The molecule has 15 heavy (non-hydrogen) atoms. The minimum absolute atomic E-state index is 0.0752. The number of carboxylic acids is 1. The summed E-state index contributed by atoms with van der Waals surface area (Å²) in [6, 6.07) is 5.28. The third-order valence-electron chi connectivity index (χ3n) is 1.94. The molecular weight excluding hydrogens is 194 g/mol. The van der Waals surface area contributed by atoms with Crippen LogP contribution in [0.15, 0.2) is 24.4 Å². The fourth-order valence-electron chi connectivity index (χ4n) is 1.33. The minimum atomic E-state index is -1.03. The number of nitrogens with zero attached hydrogens (tertiary/aromatic N) is 2. The van der Waals surface area contributed by atoms with E-state index in [0.717, 1.165) is 0 Å². The van der Waals surface area contributed by atoms with Crippen LogP contribution in [0.25, 0.3) is 11.4 Å². The lowest BCUT2D eigenvalue weighted by Gasteiger charge is -1.96. The first-order valence-electron chi connectivity index (χ1n) is 4.40. The molecule has 76 valence electrons. The number of nitrogens with one attached hydrogen (secondary N) is 1. The summed E-state index contributed by atoms with van der Waals surface area (Å²) in [5.41, 5.74) is 1.01. The number of hydrogen-bond donors (Lipinski definition) is 2. The third-order valence-corrected chi connectivity index (χ3v) is 1.94. The van der Waals surface area contributed by atoms with Gasteiger partial charge in [0.15, 0.2) is 5.69 Å². The van der Waals surface area contributed by atoms with Gasteiger partial charge < -0.3 is 10.1 Å². The van der Waals surface area contributed by atoms with Crippen molar-refractivity contribution in [3.63, 3.8) is 0 Å². The summed E-state index contributed by atoms with van der Waals surface area (Å²) in [7, 11) is 0. The van der Waals surface area contributed by atoms with Crippen LogP contribution < -0.4 is 0 Å². The van der Waals surface area contributed by atoms with E-state index in [2.05, 4.69) is 15.0 Å². The molecular formula is C10H9N3O2. The van der Waals surface area contributed by atoms with Crippen molar-refractivity contribution in [2.75, 3.05) is 0 Å². The van der Waals surface area contributed by atoms with Gasteiger partial charge in [-0.25, -0.2) is 9.78 Å². The third kappa shape index (κ3) is 1.71. The van der Waals surface area contributed by atoms with Crippen molar-refractivity contribution in [3.8, 4) is 11.4 Å². The first-order chi connectivity index (χ1) is 7.18. The number of H-pyrrole nitrogens is 1. The van der Waals surface area contributed by atoms with Crippen LogP contribution in [-0.2, 0) is 0 Å². The van der Waals surface area contributed by atoms with Crippen molar-refractivity contribution in [1.82, 2.24) is 15.0 Å². The van der Waals surface area contributed by atoms with Gasteiger partial charge in [0.1, 0.15) is 11.5 Å². The van der Waals surface area contributed by atoms with Gasteiger partial charge in [0.2, 0.25) is 0 Å². The zero-order chi connectivity index (χ0) is 10.8. The van der Waals surface area contributed by atoms with Crippen LogP contribution in [0.1, 0.15) is 16.3 Å². The molecule has 0 aromatic carbocycles. The Morgan fingerprint density at radius 3 is 2.87 bits per heavy atom. The zero-order valence-corrected chi connectivity index (χ0v) is 8.06. The highest BCUT2D eigenvalue weighted by Gasteiger charge is 2.16. The molecule has 0 aliphatic heterocycles. The molecule has 0 spiro atoms. The van der Waals surface area contributed by atoms with E-state index in [9.17, 15) is 4.79 Å². The lowest BCUT2D eigenvalue weighted by atomic mass is 10.2. The zero-order valence-electron chi connectivity index (χ0n) is 8.06. The summed E-state index contributed by atoms with van der Waals surface area (Å²) in [5, 5.41) is 8.94. The first kappa shape index (κ1) is 9.39. The fourth-order valence-corrected chi connectivity index (χ4v) is 1.33. The van der Waals surface area contributed by atoms with Crippen molar-refractivity contribution < 1.29 is 9.90 Å². The summed E-state index contributed by atoms with van der Waals surface area (Å²) in [6.07, 6.45) is 1.60. The average molecular weight is 203 g/mol. The Morgan fingerprint density at radius 1 is 1.47 bits per heavy atom. The van der Waals surface area contributed by atoms with Gasteiger partial charge in [0, 0.05) is 6.20 Å². The molecule has 2 aromatic rings. The van der Waals surface area contributed by atoms with Crippen molar-refractivity contribution >= 4 is 5.97 Å². The Labute approximate surface area is 85.8 Å². The van der Waals surface area contributed by atoms with Crippen LogP contribution in [0.5, 0.6) is 0 Å². The molecule has 0 saturated heterocycles. The molecule has 0 radical (unpaired) electrons. The topological polar surface area (TPSA) is 78.9 Å². The number of pyridine rings is 1. The van der Waals surface area contributed by atoms with E-state index in [1.807, 2.05) is 0 Å². The highest BCUT2D eigenvalue weighted by Crippen LogP contribution is 2.18. The van der Waals surface area contributed by atoms with Crippen LogP contribution in [0, 0.1) is 6.92 Å². The van der Waals surface area contributed by atoms with Gasteiger partial charge in [0.05, 0.1) is 5.69 Å². The predicted octanol–water partition coefficient (Wildman–Crippen LogP) is 1.48. The molecule has 0 aliphatic rings. The van der Waals surface area contributed by atoms with Gasteiger partial charge in [-0.3, -0.25) is 4.98 Å². The van der Waals surface area contributed by atoms with Crippen molar-refractivity contribution in [2.45, 2.75) is 6.92 Å². The molecule has 0 amide bonds. The van der Waals surface area contributed by atoms with E-state index in [1.54, 1.807) is 31.3 Å². The maximum atomic E-state index is 10.9. The number of carboxylic acid groups (broad SMARTS) is 1. The van der Waals surface area contributed by atoms with E-state index in [-0.39, 0.29) is 5.69 Å². The lowest BCUT2D eigenvalue weighted by molar-refractivity contribution is 0.0692. The standard InChI is InChI=1S/C10H9N3O2/c1-6-12-8(9(13-6)10(14)15)7-4-2-3-5-11-7/h2-5H,1H3,(H,12,13)(H,14,15). The summed E-state index contributed by atoms with van der Waals surface area (Å²) in [6.45, 7) is 1.71. The molecule has 0 atom stereocenters. The van der Waals surface area contributed by atoms with Crippen LogP contribution in [0.2, 0.25) is 0 Å². The van der Waals surface area contributed by atoms with E-state index in [1.165, 1.54) is 0 Å². The van der Waals surface area contributed by atoms with Gasteiger partial charge in [-0.05, 0) is 19.1 Å². The second-order valence-corrected chi connectivity index (χ2v) is 3.07. The van der Waals surface area contributed by atoms with Gasteiger partial charge in [0.25, 0.3) is 0 Å². The Morgan fingerprint density at radius 2 is 2.27 bits per heavy atom. The largest absolute Gasteiger partial charge is 0.477 e. The van der Waals surface area contributed by atoms with Crippen molar-refractivity contribution in [1.29, 1.82) is 0 Å². The number of aromatic carboxylic acids is 1. The Kier molecular flexibility index (Phi) is 2.21. The molecule has 5 heteroatoms. The average Bonchev–Trinajstić information content (AvgIpc) is 2.62. The molecule has 2 N–H and O–H groups in total. The SMILES string of the molecule is Cc1nc(-c2ccccn2)c(C(=O)O)[nH]1. The van der Waals surface area contributed by atoms with Gasteiger partial charge >= 0.3 is 5.97 Å². The molecule has 5 nitrogen and oxygen atoms in total. The van der Waals surface area contributed by atoms with E-state index in [0.29, 0.717) is 17.2 Å². The molecule has 0 unspecified atom stereocenters. The summed E-state index contributed by atoms with van der Waals surface area (Å²) >= 11 is 0. The number of imidazole rings is 1. The summed E-state index contributed by atoms with van der Waals surface area (Å²) < 4.78 is 0. The molecule has 2 aromatic heterocycles. The molecule has 0 aliphatic carbocycles. The number of carbonyl (C=O) groups is 1. The lowest BCUT2D eigenvalue weighted by Crippen LogP contribution is -1.99. The van der Waals surface area contributed by atoms with Gasteiger partial charge in [-0.1, -0.05) is 6.07 Å². The quantitative estimate of drug-likeness (QED) is 0.774. The van der Waals surface area contributed by atoms with Crippen molar-refractivity contribution in [3.05, 3.63) is 35.9 Å². The van der Waals surface area contributed by atoms with Crippen LogP contribution >= 0.6 is 0 Å². The number of aromatic amines is 1. The maximum absolute atomic E-state index is 10.9. The Hall–Kier alpha value is -2.17. The molecule has 2 rings (SSSR count). The Bertz CT molecular complexity index is 491. The van der Waals surface area contributed by atoms with Crippen molar-refractivity contribution in [2.24, 2.45) is 0 Å². The molecule has 0 fully saturated rings. The first-order valence-corrected chi connectivity index (χ1v) is 4.40. The highest BCUT2D eigenvalue weighted by atomic mass is 16.4. The normalized spacial score (nSPS) is 10.2. The smallest absolute Gasteiger partial charge is 0.354 e. The number of aromatic nitrogens is 3. The second kappa shape index (κ2) is 3.53. The number of aryl methyl sites for hydroxylation is 1. The second-order valence-electron chi connectivity index (χ2n) is 3.07. The maximum Gasteiger partial charge on any atom is 0.354 e. The van der Waals surface area contributed by atoms with E-state index in [4.69, 9.17) is 5.11 Å². The Balaban J connectivity index is 2.58. The van der Waals surface area contributed by atoms with Crippen LogP contribution in [-0.4, -0.2) is 26.0 Å². The summed E-state index contributed by atoms with van der Waals surface area (Å²) in [5.74, 6) is -0.468. The van der Waals surface area contributed by atoms with Crippen LogP contribution in [0.3, 0.4) is 0 Å². The van der Waals surface area contributed by atoms with Gasteiger partial charge in [-0.2, -0.15) is 0 Å². The predicted molar refractivity (Wildman–Crippen MR) is 53.5 cm³/mol. The molecule has 0 saturated carbocycles. The van der Waals surface area contributed by atoms with Gasteiger partial charge in [-0.15, -0.1) is 0 Å². The minimum Gasteiger partial charge on any atom is -0.477 e. The van der Waals surface area contributed by atoms with Crippen LogP contribution in [0.4, 0.5) is 0 Å². The summed E-state index contributed by atoms with van der Waals surface area (Å²) in [4.78, 5) is 21.8. The highest BCUT2D eigenvalue weighted by molar-refractivity contribution is 5.92. The fraction of sp³-hybridized carbons (Fsp3) is 0.100. The molecule has 2 heterocycles. The molecule has 0 bridgehead atoms. The van der Waals surface area contributed by atoms with E-state index < -0.39 is 5.97 Å². The van der Waals surface area contributed by atoms with E-state index >= 15 is 0 Å².